The van der Waals surface area contributed by atoms with E-state index < -0.39 is 11.6 Å². The normalized spacial score (nSPS) is 36.6. The molecule has 23 heavy (non-hydrogen) atoms. The molecular formula is C18H30N2O3. The zero-order valence-electron chi connectivity index (χ0n) is 14.5. The Bertz CT molecular complexity index is 465. The highest BCUT2D eigenvalue weighted by atomic mass is 16.3. The Kier molecular flexibility index (Phi) is 4.20. The van der Waals surface area contributed by atoms with E-state index in [9.17, 15) is 14.7 Å². The second-order valence-corrected chi connectivity index (χ2v) is 8.92. The summed E-state index contributed by atoms with van der Waals surface area (Å²) in [6, 6.07) is -0.568. The van der Waals surface area contributed by atoms with Crippen LogP contribution in [-0.4, -0.2) is 35.1 Å². The summed E-state index contributed by atoms with van der Waals surface area (Å²) < 4.78 is 0. The highest BCUT2D eigenvalue weighted by Crippen LogP contribution is 2.60. The van der Waals surface area contributed by atoms with Gasteiger partial charge >= 0.3 is 0 Å². The number of aliphatic hydroxyl groups is 1. The molecule has 3 N–H and O–H groups in total. The van der Waals surface area contributed by atoms with Crippen LogP contribution in [0.4, 0.5) is 0 Å². The minimum atomic E-state index is -0.670. The Hall–Kier alpha value is -1.10. The summed E-state index contributed by atoms with van der Waals surface area (Å²) in [6.07, 6.45) is 6.90. The molecule has 130 valence electrons. The molecule has 0 aliphatic heterocycles. The first-order chi connectivity index (χ1) is 10.7. The van der Waals surface area contributed by atoms with Gasteiger partial charge in [0.25, 0.3) is 0 Å². The van der Waals surface area contributed by atoms with Crippen LogP contribution in [0.5, 0.6) is 0 Å². The number of carbonyl (C=O) groups is 2. The van der Waals surface area contributed by atoms with Crippen molar-refractivity contribution >= 4 is 11.8 Å². The van der Waals surface area contributed by atoms with E-state index in [1.54, 1.807) is 20.8 Å². The molecule has 2 amide bonds. The van der Waals surface area contributed by atoms with Crippen LogP contribution in [0.25, 0.3) is 0 Å². The Morgan fingerprint density at radius 3 is 2.04 bits per heavy atom. The molecule has 5 nitrogen and oxygen atoms in total. The lowest BCUT2D eigenvalue weighted by Gasteiger charge is -2.55. The SMILES string of the molecule is C[C@H](NC(=O)C12CC3CC(CC(C3)C1)C2)C(=O)NC(C)(C)CO. The quantitative estimate of drug-likeness (QED) is 0.719. The van der Waals surface area contributed by atoms with Gasteiger partial charge in [-0.2, -0.15) is 0 Å². The molecule has 4 fully saturated rings. The third-order valence-corrected chi connectivity index (χ3v) is 6.12. The minimum Gasteiger partial charge on any atom is -0.394 e. The van der Waals surface area contributed by atoms with Gasteiger partial charge in [-0.25, -0.2) is 0 Å². The number of carbonyl (C=O) groups excluding carboxylic acids is 2. The van der Waals surface area contributed by atoms with Crippen molar-refractivity contribution in [3.8, 4) is 0 Å². The van der Waals surface area contributed by atoms with Crippen molar-refractivity contribution in [2.24, 2.45) is 23.2 Å². The van der Waals surface area contributed by atoms with Gasteiger partial charge in [0.05, 0.1) is 12.1 Å². The molecular weight excluding hydrogens is 292 g/mol. The number of nitrogens with one attached hydrogen (secondary N) is 2. The largest absolute Gasteiger partial charge is 0.394 e. The number of amides is 2. The van der Waals surface area contributed by atoms with Crippen molar-refractivity contribution in [3.05, 3.63) is 0 Å². The van der Waals surface area contributed by atoms with Gasteiger partial charge < -0.3 is 15.7 Å². The van der Waals surface area contributed by atoms with Gasteiger partial charge in [-0.05, 0) is 77.0 Å². The zero-order chi connectivity index (χ0) is 16.8. The van der Waals surface area contributed by atoms with Crippen LogP contribution in [0.3, 0.4) is 0 Å². The van der Waals surface area contributed by atoms with E-state index in [2.05, 4.69) is 10.6 Å². The van der Waals surface area contributed by atoms with Crippen LogP contribution < -0.4 is 10.6 Å². The molecule has 0 aromatic heterocycles. The topological polar surface area (TPSA) is 78.4 Å². The van der Waals surface area contributed by atoms with Gasteiger partial charge in [-0.3, -0.25) is 9.59 Å². The summed E-state index contributed by atoms with van der Waals surface area (Å²) in [6.45, 7) is 5.12. The molecule has 5 heteroatoms. The monoisotopic (exact) mass is 322 g/mol. The number of hydrogen-bond donors (Lipinski definition) is 3. The summed E-state index contributed by atoms with van der Waals surface area (Å²) in [5.74, 6) is 1.97. The summed E-state index contributed by atoms with van der Waals surface area (Å²) in [7, 11) is 0. The van der Waals surface area contributed by atoms with E-state index in [1.165, 1.54) is 19.3 Å². The van der Waals surface area contributed by atoms with Gasteiger partial charge in [0, 0.05) is 5.41 Å². The first kappa shape index (κ1) is 16.7. The zero-order valence-corrected chi connectivity index (χ0v) is 14.5. The number of rotatable bonds is 5. The molecule has 0 aromatic rings. The molecule has 4 aliphatic carbocycles. The van der Waals surface area contributed by atoms with E-state index in [0.717, 1.165) is 19.3 Å². The van der Waals surface area contributed by atoms with Crippen LogP contribution in [0.2, 0.25) is 0 Å². The second-order valence-electron chi connectivity index (χ2n) is 8.92. The fourth-order valence-electron chi connectivity index (χ4n) is 5.29. The standard InChI is InChI=1S/C18H30N2O3/c1-11(15(22)20-17(2,3)10-21)19-16(23)18-7-12-4-13(8-18)6-14(5-12)9-18/h11-14,21H,4-10H2,1-3H3,(H,19,23)(H,20,22)/t11-,12?,13?,14?,18?/m0/s1. The fourth-order valence-corrected chi connectivity index (χ4v) is 5.29. The molecule has 0 radical (unpaired) electrons. The highest BCUT2D eigenvalue weighted by Gasteiger charge is 2.54. The maximum absolute atomic E-state index is 12.9. The molecule has 4 bridgehead atoms. The molecule has 4 rings (SSSR count). The third kappa shape index (κ3) is 3.25. The second kappa shape index (κ2) is 5.76. The van der Waals surface area contributed by atoms with Crippen molar-refractivity contribution in [2.45, 2.75) is 70.9 Å². The predicted molar refractivity (Wildman–Crippen MR) is 87.5 cm³/mol. The Morgan fingerprint density at radius 1 is 1.13 bits per heavy atom. The van der Waals surface area contributed by atoms with Crippen molar-refractivity contribution in [1.82, 2.24) is 10.6 Å². The summed E-state index contributed by atoms with van der Waals surface area (Å²) >= 11 is 0. The van der Waals surface area contributed by atoms with Crippen molar-refractivity contribution in [1.29, 1.82) is 0 Å². The summed E-state index contributed by atoms with van der Waals surface area (Å²) in [4.78, 5) is 25.1. The van der Waals surface area contributed by atoms with E-state index >= 15 is 0 Å². The third-order valence-electron chi connectivity index (χ3n) is 6.12. The first-order valence-corrected chi connectivity index (χ1v) is 8.97. The molecule has 0 spiro atoms. The van der Waals surface area contributed by atoms with Crippen LogP contribution >= 0.6 is 0 Å². The van der Waals surface area contributed by atoms with Crippen LogP contribution in [0.1, 0.15) is 59.3 Å². The lowest BCUT2D eigenvalue weighted by Crippen LogP contribution is -2.58. The molecule has 0 unspecified atom stereocenters. The van der Waals surface area contributed by atoms with Gasteiger partial charge in [0.1, 0.15) is 6.04 Å². The fraction of sp³-hybridized carbons (Fsp3) is 0.889. The van der Waals surface area contributed by atoms with E-state index in [0.29, 0.717) is 17.8 Å². The van der Waals surface area contributed by atoms with Gasteiger partial charge in [-0.15, -0.1) is 0 Å². The average molecular weight is 322 g/mol. The van der Waals surface area contributed by atoms with Crippen LogP contribution in [0, 0.1) is 23.2 Å². The average Bonchev–Trinajstić information content (AvgIpc) is 2.45. The number of hydrogen-bond acceptors (Lipinski definition) is 3. The maximum Gasteiger partial charge on any atom is 0.242 e. The van der Waals surface area contributed by atoms with E-state index in [-0.39, 0.29) is 23.8 Å². The minimum absolute atomic E-state index is 0.0704. The lowest BCUT2D eigenvalue weighted by molar-refractivity contribution is -0.148. The van der Waals surface area contributed by atoms with Crippen molar-refractivity contribution in [2.75, 3.05) is 6.61 Å². The molecule has 4 aliphatic rings. The van der Waals surface area contributed by atoms with Gasteiger partial charge in [0.2, 0.25) is 11.8 Å². The lowest BCUT2D eigenvalue weighted by atomic mass is 9.49. The van der Waals surface area contributed by atoms with Crippen LogP contribution in [0.15, 0.2) is 0 Å². The molecule has 0 saturated heterocycles. The molecule has 0 aromatic carbocycles. The number of aliphatic hydroxyl groups excluding tert-OH is 1. The smallest absolute Gasteiger partial charge is 0.242 e. The maximum atomic E-state index is 12.9. The van der Waals surface area contributed by atoms with Gasteiger partial charge in [0.15, 0.2) is 0 Å². The highest BCUT2D eigenvalue weighted by molar-refractivity contribution is 5.90. The Labute approximate surface area is 138 Å². The molecule has 4 saturated carbocycles. The van der Waals surface area contributed by atoms with Crippen molar-refractivity contribution in [3.63, 3.8) is 0 Å². The Morgan fingerprint density at radius 2 is 1.61 bits per heavy atom. The van der Waals surface area contributed by atoms with E-state index in [1.807, 2.05) is 0 Å². The van der Waals surface area contributed by atoms with Crippen LogP contribution in [-0.2, 0) is 9.59 Å². The summed E-state index contributed by atoms with van der Waals surface area (Å²) in [5.41, 5.74) is -0.896. The predicted octanol–water partition coefficient (Wildman–Crippen LogP) is 1.59. The molecule has 1 atom stereocenters. The Balaban J connectivity index is 1.62. The van der Waals surface area contributed by atoms with E-state index in [4.69, 9.17) is 0 Å². The van der Waals surface area contributed by atoms with Crippen molar-refractivity contribution < 1.29 is 14.7 Å². The summed E-state index contributed by atoms with van der Waals surface area (Å²) in [5, 5.41) is 15.0. The molecule has 0 heterocycles. The van der Waals surface area contributed by atoms with Gasteiger partial charge in [-0.1, -0.05) is 0 Å². The first-order valence-electron chi connectivity index (χ1n) is 8.97.